The van der Waals surface area contributed by atoms with Crippen molar-refractivity contribution < 1.29 is 23.1 Å². The van der Waals surface area contributed by atoms with E-state index in [1.54, 1.807) is 0 Å². The molecule has 0 amide bonds. The number of rotatable bonds is 4. The van der Waals surface area contributed by atoms with Crippen molar-refractivity contribution in [3.63, 3.8) is 0 Å². The lowest BCUT2D eigenvalue weighted by Gasteiger charge is -2.41. The Morgan fingerprint density at radius 2 is 0.528 bits per heavy atom. The van der Waals surface area contributed by atoms with Crippen LogP contribution in [0.3, 0.4) is 0 Å². The average Bonchev–Trinajstić information content (AvgIpc) is 3.55. The second-order valence-corrected chi connectivity index (χ2v) is 31.4. The van der Waals surface area contributed by atoms with Gasteiger partial charge in [-0.05, 0) is 123 Å². The Labute approximate surface area is 439 Å². The van der Waals surface area contributed by atoms with Crippen molar-refractivity contribution in [3.8, 4) is 0 Å². The maximum atomic E-state index is 16.5. The highest BCUT2D eigenvalue weighted by atomic mass is 31.1. The van der Waals surface area contributed by atoms with E-state index in [-0.39, 0.29) is 43.3 Å². The minimum atomic E-state index is -2.95. The van der Waals surface area contributed by atoms with E-state index in [0.717, 1.165) is 54.4 Å². The summed E-state index contributed by atoms with van der Waals surface area (Å²) in [5.41, 5.74) is 8.09. The topological polar surface area (TPSA) is 54.0 Å². The Hall–Kier alpha value is -3.18. The van der Waals surface area contributed by atoms with Crippen LogP contribution in [0.2, 0.25) is 0 Å². The minimum absolute atomic E-state index is 0.237. The molecule has 0 N–H and O–H groups in total. The van der Waals surface area contributed by atoms with Crippen LogP contribution in [0, 0.1) is 0 Å². The number of ether oxygens (including phenoxy) is 2. The molecule has 2 saturated heterocycles. The van der Waals surface area contributed by atoms with Crippen LogP contribution in [-0.2, 0) is 77.6 Å². The molecule has 5 nitrogen and oxygen atoms in total. The molecule has 1 spiro atoms. The predicted molar refractivity (Wildman–Crippen MR) is 302 cm³/mol. The maximum absolute atomic E-state index is 16.5. The van der Waals surface area contributed by atoms with Gasteiger partial charge >= 0.3 is 8.25 Å². The molecular weight excluding hydrogens is 904 g/mol. The molecule has 0 bridgehead atoms. The van der Waals surface area contributed by atoms with E-state index in [4.69, 9.17) is 18.5 Å². The van der Waals surface area contributed by atoms with Crippen molar-refractivity contribution in [2.24, 2.45) is 0 Å². The summed E-state index contributed by atoms with van der Waals surface area (Å²) in [5.74, 6) is -0.953. The van der Waals surface area contributed by atoms with Crippen molar-refractivity contribution >= 4 is 8.25 Å². The van der Waals surface area contributed by atoms with Crippen LogP contribution >= 0.6 is 8.25 Å². The Kier molecular flexibility index (Phi) is 14.3. The molecule has 2 heterocycles. The van der Waals surface area contributed by atoms with E-state index in [2.05, 4.69) is 239 Å². The number of hydrogen-bond acceptors (Lipinski definition) is 5. The first-order chi connectivity index (χ1) is 32.5. The van der Waals surface area contributed by atoms with Gasteiger partial charge in [-0.1, -0.05) is 254 Å². The zero-order valence-corrected chi connectivity index (χ0v) is 50.5. The fraction of sp³-hybridized carbons (Fsp3) is 0.636. The number of benzene rings is 4. The quantitative estimate of drug-likeness (QED) is 0.191. The maximum Gasteiger partial charge on any atom is 0.700 e. The van der Waals surface area contributed by atoms with Crippen molar-refractivity contribution in [1.82, 2.24) is 0 Å². The van der Waals surface area contributed by atoms with Crippen molar-refractivity contribution in [3.05, 3.63) is 140 Å². The standard InChI is InChI=1S/C66H96O5P/c1-56(2,3)42-30-43(57(4,5)6)35-50(34-42)65(51-36-44(58(7,8)9)31-45(37-51)59(10,11)12)54-55(69-64(68-54)28-26-25-27-29-64)66(71-72(67)70-65,52-38-46(60(13,14)15)32-47(39-52)61(16,17)18)53-40-48(62(19,20)21)33-49(41-53)63(22,23)24/h30-41,54-55H,25-29H2,1-24H3/q+1/t54-,55-/m0/s1. The lowest BCUT2D eigenvalue weighted by Crippen LogP contribution is -2.54. The van der Waals surface area contributed by atoms with Gasteiger partial charge in [0.25, 0.3) is 0 Å². The second-order valence-electron chi connectivity index (χ2n) is 30.6. The molecule has 0 radical (unpaired) electrons. The van der Waals surface area contributed by atoms with Crippen LogP contribution in [0.4, 0.5) is 0 Å². The van der Waals surface area contributed by atoms with E-state index in [0.29, 0.717) is 0 Å². The highest BCUT2D eigenvalue weighted by molar-refractivity contribution is 7.33. The first-order valence-electron chi connectivity index (χ1n) is 27.4. The third kappa shape index (κ3) is 10.9. The van der Waals surface area contributed by atoms with Gasteiger partial charge in [0, 0.05) is 17.4 Å². The lowest BCUT2D eigenvalue weighted by atomic mass is 9.67. The molecule has 3 aliphatic rings. The molecule has 0 unspecified atom stereocenters. The fourth-order valence-electron chi connectivity index (χ4n) is 10.9. The highest BCUT2D eigenvalue weighted by Crippen LogP contribution is 2.64. The second kappa shape index (κ2) is 18.2. The van der Waals surface area contributed by atoms with Gasteiger partial charge in [-0.3, -0.25) is 0 Å². The van der Waals surface area contributed by atoms with Crippen molar-refractivity contribution in [2.75, 3.05) is 0 Å². The molecule has 0 aromatic heterocycles. The Morgan fingerprint density at radius 3 is 0.708 bits per heavy atom. The zero-order valence-electron chi connectivity index (χ0n) is 49.6. The lowest BCUT2D eigenvalue weighted by molar-refractivity contribution is -0.215. The largest absolute Gasteiger partial charge is 0.700 e. The normalized spacial score (nSPS) is 21.2. The average molecular weight is 1000 g/mol. The summed E-state index contributed by atoms with van der Waals surface area (Å²) in [7, 11) is -2.95. The molecule has 7 rings (SSSR count). The first-order valence-corrected chi connectivity index (χ1v) is 28.5. The van der Waals surface area contributed by atoms with E-state index in [1.165, 1.54) is 44.5 Å². The summed E-state index contributed by atoms with van der Waals surface area (Å²) < 4.78 is 48.1. The van der Waals surface area contributed by atoms with Crippen LogP contribution in [0.15, 0.2) is 72.8 Å². The van der Waals surface area contributed by atoms with E-state index < -0.39 is 37.5 Å². The molecule has 6 heteroatoms. The third-order valence-electron chi connectivity index (χ3n) is 16.2. The Bertz CT molecular complexity index is 2220. The molecule has 1 saturated carbocycles. The molecule has 72 heavy (non-hydrogen) atoms. The van der Waals surface area contributed by atoms with Gasteiger partial charge in [0.15, 0.2) is 5.79 Å². The van der Waals surface area contributed by atoms with Crippen molar-refractivity contribution in [2.45, 2.75) is 271 Å². The fourth-order valence-corrected chi connectivity index (χ4v) is 12.1. The summed E-state index contributed by atoms with van der Waals surface area (Å²) in [5, 5.41) is 0. The van der Waals surface area contributed by atoms with Gasteiger partial charge in [0.05, 0.1) is 0 Å². The highest BCUT2D eigenvalue weighted by Gasteiger charge is 2.73. The SMILES string of the molecule is CC(C)(C)c1cc(C(C)(C)C)cc(C2(c3cc(C(C)(C)C)cc(C(C)(C)C)c3)O[P+](=O)OC(c3cc(C(C)(C)C)cc(C(C)(C)C)c3)(c3cc(C(C)(C)C)cc(C(C)(C)C)c3)[C@H]3OC4(CCCCC4)O[C@@H]32)c1. The smallest absolute Gasteiger partial charge is 0.340 e. The summed E-state index contributed by atoms with van der Waals surface area (Å²) in [6.07, 6.45) is 2.80. The molecular formula is C66H96O5P+. The molecule has 2 atom stereocenters. The van der Waals surface area contributed by atoms with Crippen LogP contribution in [0.5, 0.6) is 0 Å². The van der Waals surface area contributed by atoms with Gasteiger partial charge in [-0.15, -0.1) is 0 Å². The van der Waals surface area contributed by atoms with Gasteiger partial charge < -0.3 is 9.47 Å². The van der Waals surface area contributed by atoms with Gasteiger partial charge in [-0.2, -0.15) is 0 Å². The van der Waals surface area contributed by atoms with E-state index in [1.807, 2.05) is 0 Å². The monoisotopic (exact) mass is 1000 g/mol. The molecule has 1 aliphatic carbocycles. The molecule has 3 fully saturated rings. The van der Waals surface area contributed by atoms with Crippen LogP contribution in [0.25, 0.3) is 0 Å². The van der Waals surface area contributed by atoms with Crippen LogP contribution < -0.4 is 0 Å². The van der Waals surface area contributed by atoms with E-state index in [9.17, 15) is 0 Å². The molecule has 394 valence electrons. The van der Waals surface area contributed by atoms with Gasteiger partial charge in [0.2, 0.25) is 11.2 Å². The minimum Gasteiger partial charge on any atom is -0.340 e. The van der Waals surface area contributed by atoms with E-state index >= 15 is 4.57 Å². The Morgan fingerprint density at radius 1 is 0.333 bits per heavy atom. The number of fused-ring (bicyclic) bond motifs is 1. The van der Waals surface area contributed by atoms with Crippen LogP contribution in [-0.4, -0.2) is 18.0 Å². The number of hydrogen-bond donors (Lipinski definition) is 0. The first kappa shape index (κ1) is 56.5. The summed E-state index contributed by atoms with van der Waals surface area (Å²) >= 11 is 0. The van der Waals surface area contributed by atoms with Gasteiger partial charge in [-0.25, -0.2) is 0 Å². The van der Waals surface area contributed by atoms with Crippen LogP contribution in [0.1, 0.15) is 265 Å². The van der Waals surface area contributed by atoms with Gasteiger partial charge in [0.1, 0.15) is 12.2 Å². The molecule has 2 aliphatic heterocycles. The summed E-state index contributed by atoms with van der Waals surface area (Å²) in [6.45, 7) is 54.8. The third-order valence-corrected chi connectivity index (χ3v) is 17.1. The summed E-state index contributed by atoms with van der Waals surface area (Å²) in [4.78, 5) is 0. The van der Waals surface area contributed by atoms with Crippen molar-refractivity contribution in [1.29, 1.82) is 0 Å². The summed E-state index contributed by atoms with van der Waals surface area (Å²) in [6, 6.07) is 28.1. The molecule has 4 aromatic rings. The predicted octanol–water partition coefficient (Wildman–Crippen LogP) is 18.4. The molecule has 4 aromatic carbocycles. The Balaban J connectivity index is 1.79. The zero-order chi connectivity index (χ0) is 54.0.